The first-order valence-corrected chi connectivity index (χ1v) is 7.27. The second-order valence-electron chi connectivity index (χ2n) is 4.08. The largest absolute Gasteiger partial charge is 0.481 e. The van der Waals surface area contributed by atoms with E-state index in [1.54, 1.807) is 0 Å². The summed E-state index contributed by atoms with van der Waals surface area (Å²) >= 11 is 1.17. The molecule has 100 valence electrons. The van der Waals surface area contributed by atoms with Crippen LogP contribution in [0.2, 0.25) is 0 Å². The van der Waals surface area contributed by atoms with E-state index in [9.17, 15) is 9.59 Å². The number of nitrogens with zero attached hydrogens (tertiary/aromatic N) is 1. The number of hydrogen-bond donors (Lipinski definition) is 1. The summed E-state index contributed by atoms with van der Waals surface area (Å²) in [5.41, 5.74) is 0. The zero-order chi connectivity index (χ0) is 13.3. The molecule has 5 heteroatoms. The first-order chi connectivity index (χ1) is 8.02. The van der Waals surface area contributed by atoms with Crippen molar-refractivity contribution in [2.24, 2.45) is 0 Å². The molecule has 0 aliphatic heterocycles. The Labute approximate surface area is 108 Å². The Hall–Kier alpha value is -0.710. The van der Waals surface area contributed by atoms with E-state index >= 15 is 0 Å². The van der Waals surface area contributed by atoms with E-state index in [4.69, 9.17) is 5.11 Å². The minimum absolute atomic E-state index is 0.00609. The predicted octanol–water partition coefficient (Wildman–Crippen LogP) is 2.23. The highest BCUT2D eigenvalue weighted by Gasteiger charge is 2.18. The van der Waals surface area contributed by atoms with Crippen LogP contribution in [0.1, 0.15) is 40.0 Å². The quantitative estimate of drug-likeness (QED) is 0.691. The summed E-state index contributed by atoms with van der Waals surface area (Å²) in [6, 6.07) is 0.236. The molecule has 17 heavy (non-hydrogen) atoms. The van der Waals surface area contributed by atoms with Crippen molar-refractivity contribution in [3.63, 3.8) is 0 Å². The van der Waals surface area contributed by atoms with Crippen LogP contribution in [0.3, 0.4) is 0 Å². The molecular formula is C12H23NO3S. The molecule has 0 saturated heterocycles. The number of aliphatic carboxylic acids is 1. The molecule has 1 N–H and O–H groups in total. The average Bonchev–Trinajstić information content (AvgIpc) is 2.28. The standard InChI is InChI=1S/C12H23NO3S/c1-4-6-7-13(10(3)5-2)11(14)8-17-9-12(15)16/h10H,4-9H2,1-3H3,(H,15,16). The summed E-state index contributed by atoms with van der Waals surface area (Å²) in [6.07, 6.45) is 2.99. The maximum atomic E-state index is 11.9. The smallest absolute Gasteiger partial charge is 0.313 e. The molecule has 0 aliphatic rings. The third-order valence-electron chi connectivity index (χ3n) is 2.65. The van der Waals surface area contributed by atoms with E-state index in [0.29, 0.717) is 0 Å². The van der Waals surface area contributed by atoms with Crippen LogP contribution < -0.4 is 0 Å². The molecule has 0 aromatic heterocycles. The second-order valence-corrected chi connectivity index (χ2v) is 5.07. The fourth-order valence-electron chi connectivity index (χ4n) is 1.45. The molecule has 0 radical (unpaired) electrons. The van der Waals surface area contributed by atoms with Gasteiger partial charge in [-0.3, -0.25) is 9.59 Å². The lowest BCUT2D eigenvalue weighted by molar-refractivity contribution is -0.133. The van der Waals surface area contributed by atoms with E-state index in [1.807, 2.05) is 11.8 Å². The SMILES string of the molecule is CCCCN(C(=O)CSCC(=O)O)C(C)CC. The van der Waals surface area contributed by atoms with Crippen molar-refractivity contribution < 1.29 is 14.7 Å². The minimum Gasteiger partial charge on any atom is -0.481 e. The normalized spacial score (nSPS) is 12.2. The molecule has 0 aromatic carbocycles. The van der Waals surface area contributed by atoms with Gasteiger partial charge in [0.15, 0.2) is 0 Å². The van der Waals surface area contributed by atoms with Gasteiger partial charge in [-0.15, -0.1) is 11.8 Å². The lowest BCUT2D eigenvalue weighted by Gasteiger charge is -2.28. The van der Waals surface area contributed by atoms with Crippen LogP contribution >= 0.6 is 11.8 Å². The van der Waals surface area contributed by atoms with E-state index in [0.717, 1.165) is 25.8 Å². The predicted molar refractivity (Wildman–Crippen MR) is 71.3 cm³/mol. The van der Waals surface area contributed by atoms with Crippen molar-refractivity contribution in [1.82, 2.24) is 4.90 Å². The van der Waals surface area contributed by atoms with Gasteiger partial charge in [0.25, 0.3) is 0 Å². The zero-order valence-electron chi connectivity index (χ0n) is 10.9. The number of carbonyl (C=O) groups excluding carboxylic acids is 1. The third kappa shape index (κ3) is 7.26. The Kier molecular flexibility index (Phi) is 8.94. The van der Waals surface area contributed by atoms with Gasteiger partial charge in [0, 0.05) is 12.6 Å². The van der Waals surface area contributed by atoms with Crippen molar-refractivity contribution in [1.29, 1.82) is 0 Å². The number of rotatable bonds is 9. The molecule has 0 aliphatic carbocycles. The van der Waals surface area contributed by atoms with E-state index in [-0.39, 0.29) is 23.5 Å². The molecule has 0 fully saturated rings. The lowest BCUT2D eigenvalue weighted by atomic mass is 10.2. The lowest BCUT2D eigenvalue weighted by Crippen LogP contribution is -2.40. The first kappa shape index (κ1) is 16.3. The molecule has 1 atom stereocenters. The van der Waals surface area contributed by atoms with Gasteiger partial charge in [0.1, 0.15) is 0 Å². The molecular weight excluding hydrogens is 238 g/mol. The second kappa shape index (κ2) is 9.33. The fourth-order valence-corrected chi connectivity index (χ4v) is 2.07. The Morgan fingerprint density at radius 1 is 1.29 bits per heavy atom. The Balaban J connectivity index is 4.16. The summed E-state index contributed by atoms with van der Waals surface area (Å²) in [7, 11) is 0. The van der Waals surface area contributed by atoms with Crippen molar-refractivity contribution in [2.75, 3.05) is 18.1 Å². The fraction of sp³-hybridized carbons (Fsp3) is 0.833. The molecule has 0 heterocycles. The van der Waals surface area contributed by atoms with E-state index < -0.39 is 5.97 Å². The molecule has 1 unspecified atom stereocenters. The van der Waals surface area contributed by atoms with Crippen molar-refractivity contribution in [3.8, 4) is 0 Å². The van der Waals surface area contributed by atoms with Gasteiger partial charge >= 0.3 is 5.97 Å². The van der Waals surface area contributed by atoms with Gasteiger partial charge in [-0.2, -0.15) is 0 Å². The van der Waals surface area contributed by atoms with Crippen LogP contribution in [-0.2, 0) is 9.59 Å². The molecule has 0 spiro atoms. The average molecular weight is 261 g/mol. The maximum Gasteiger partial charge on any atom is 0.313 e. The van der Waals surface area contributed by atoms with Gasteiger partial charge < -0.3 is 10.0 Å². The van der Waals surface area contributed by atoms with Gasteiger partial charge in [0.2, 0.25) is 5.91 Å². The number of hydrogen-bond acceptors (Lipinski definition) is 3. The van der Waals surface area contributed by atoms with Crippen molar-refractivity contribution in [3.05, 3.63) is 0 Å². The summed E-state index contributed by atoms with van der Waals surface area (Å²) in [5, 5.41) is 8.52. The summed E-state index contributed by atoms with van der Waals surface area (Å²) < 4.78 is 0. The molecule has 0 rings (SSSR count). The van der Waals surface area contributed by atoms with Gasteiger partial charge in [-0.05, 0) is 19.8 Å². The van der Waals surface area contributed by atoms with Crippen LogP contribution in [0, 0.1) is 0 Å². The molecule has 1 amide bonds. The Bertz CT molecular complexity index is 246. The van der Waals surface area contributed by atoms with Crippen LogP contribution in [0.25, 0.3) is 0 Å². The Morgan fingerprint density at radius 3 is 2.41 bits per heavy atom. The maximum absolute atomic E-state index is 11.9. The van der Waals surface area contributed by atoms with Gasteiger partial charge in [-0.25, -0.2) is 0 Å². The summed E-state index contributed by atoms with van der Waals surface area (Å²) in [6.45, 7) is 6.97. The summed E-state index contributed by atoms with van der Waals surface area (Å²) in [5.74, 6) is -0.556. The van der Waals surface area contributed by atoms with Crippen molar-refractivity contribution in [2.45, 2.75) is 46.1 Å². The number of carbonyl (C=O) groups is 2. The summed E-state index contributed by atoms with van der Waals surface area (Å²) in [4.78, 5) is 24.2. The number of carboxylic acid groups (broad SMARTS) is 1. The van der Waals surface area contributed by atoms with Crippen LogP contribution in [0.15, 0.2) is 0 Å². The number of carboxylic acids is 1. The minimum atomic E-state index is -0.869. The van der Waals surface area contributed by atoms with Gasteiger partial charge in [0.05, 0.1) is 11.5 Å². The molecule has 0 saturated carbocycles. The number of amides is 1. The highest BCUT2D eigenvalue weighted by molar-refractivity contribution is 8.00. The molecule has 0 bridgehead atoms. The van der Waals surface area contributed by atoms with E-state index in [2.05, 4.69) is 13.8 Å². The molecule has 0 aromatic rings. The Morgan fingerprint density at radius 2 is 1.94 bits per heavy atom. The first-order valence-electron chi connectivity index (χ1n) is 6.11. The highest BCUT2D eigenvalue weighted by atomic mass is 32.2. The number of unbranched alkanes of at least 4 members (excludes halogenated alkanes) is 1. The monoisotopic (exact) mass is 261 g/mol. The van der Waals surface area contributed by atoms with Gasteiger partial charge in [-0.1, -0.05) is 20.3 Å². The van der Waals surface area contributed by atoms with Crippen LogP contribution in [-0.4, -0.2) is 46.0 Å². The van der Waals surface area contributed by atoms with Crippen LogP contribution in [0.4, 0.5) is 0 Å². The zero-order valence-corrected chi connectivity index (χ0v) is 11.8. The number of thioether (sulfide) groups is 1. The van der Waals surface area contributed by atoms with Crippen molar-refractivity contribution >= 4 is 23.6 Å². The molecule has 4 nitrogen and oxygen atoms in total. The third-order valence-corrected chi connectivity index (χ3v) is 3.55. The topological polar surface area (TPSA) is 57.6 Å². The van der Waals surface area contributed by atoms with E-state index in [1.165, 1.54) is 11.8 Å². The highest BCUT2D eigenvalue weighted by Crippen LogP contribution is 2.10. The van der Waals surface area contributed by atoms with Crippen LogP contribution in [0.5, 0.6) is 0 Å².